The number of hydrogen-bond acceptors (Lipinski definition) is 7. The Kier molecular flexibility index (Phi) is 6.32. The van der Waals surface area contributed by atoms with Crippen LogP contribution in [0.25, 0.3) is 0 Å². The van der Waals surface area contributed by atoms with Crippen molar-refractivity contribution in [3.8, 4) is 0 Å². The number of nitrogens with one attached hydrogen (secondary N) is 1. The Hall–Kier alpha value is -3.44. The lowest BCUT2D eigenvalue weighted by molar-refractivity contribution is -0.141. The van der Waals surface area contributed by atoms with Crippen molar-refractivity contribution in [2.45, 2.75) is 46.1 Å². The van der Waals surface area contributed by atoms with Crippen LogP contribution in [0, 0.1) is 0 Å². The lowest BCUT2D eigenvalue weighted by atomic mass is 10.2. The van der Waals surface area contributed by atoms with Crippen molar-refractivity contribution in [2.24, 2.45) is 0 Å². The van der Waals surface area contributed by atoms with Crippen LogP contribution in [0.2, 0.25) is 0 Å². The van der Waals surface area contributed by atoms with Crippen molar-refractivity contribution in [1.82, 2.24) is 24.8 Å². The molecule has 2 aromatic heterocycles. The normalized spacial score (nSPS) is 16.3. The van der Waals surface area contributed by atoms with Gasteiger partial charge < -0.3 is 20.0 Å². The second-order valence-corrected chi connectivity index (χ2v) is 8.62. The number of nitrogens with zero attached hydrogens (tertiary/aromatic N) is 6. The predicted octanol–water partition coefficient (Wildman–Crippen LogP) is 2.54. The zero-order valence-corrected chi connectivity index (χ0v) is 19.2. The lowest BCUT2D eigenvalue weighted by Crippen LogP contribution is -2.48. The van der Waals surface area contributed by atoms with Gasteiger partial charge in [-0.05, 0) is 25.5 Å². The molecule has 1 N–H and O–H groups in total. The molecule has 0 radical (unpaired) electrons. The van der Waals surface area contributed by atoms with E-state index in [4.69, 9.17) is 0 Å². The molecule has 182 valence electrons. The summed E-state index contributed by atoms with van der Waals surface area (Å²) in [6, 6.07) is 2.26. The molecule has 9 nitrogen and oxygen atoms in total. The van der Waals surface area contributed by atoms with Gasteiger partial charge in [-0.1, -0.05) is 6.07 Å². The molecular formula is C22H26F3N7O2. The fourth-order valence-corrected chi connectivity index (χ4v) is 3.99. The molecule has 0 spiro atoms. The smallest absolute Gasteiger partial charge is 0.365 e. The quantitative estimate of drug-likeness (QED) is 0.707. The van der Waals surface area contributed by atoms with Crippen LogP contribution in [-0.4, -0.2) is 68.8 Å². The summed E-state index contributed by atoms with van der Waals surface area (Å²) < 4.78 is 38.4. The van der Waals surface area contributed by atoms with Crippen molar-refractivity contribution in [3.05, 3.63) is 40.8 Å². The molecule has 4 rings (SSSR count). The molecule has 1 fully saturated rings. The maximum absolute atomic E-state index is 13.0. The number of aromatic nitrogens is 3. The third-order valence-corrected chi connectivity index (χ3v) is 5.99. The average molecular weight is 477 g/mol. The highest BCUT2D eigenvalue weighted by molar-refractivity contribution is 5.98. The van der Waals surface area contributed by atoms with Crippen molar-refractivity contribution in [2.75, 3.05) is 36.4 Å². The van der Waals surface area contributed by atoms with Crippen LogP contribution in [0.4, 0.5) is 24.9 Å². The zero-order chi connectivity index (χ0) is 24.6. The SMILES string of the molecule is CC(=O)N1CCN(c2nc(NCc3ccc(C(F)(F)F)nc3)c3c(n2)C(=O)N(C(C)C)C3)CC1. The number of pyridine rings is 1. The number of anilines is 2. The number of alkyl halides is 3. The molecule has 2 aliphatic heterocycles. The van der Waals surface area contributed by atoms with E-state index in [9.17, 15) is 22.8 Å². The number of halogens is 3. The van der Waals surface area contributed by atoms with Crippen molar-refractivity contribution in [1.29, 1.82) is 0 Å². The van der Waals surface area contributed by atoms with E-state index in [2.05, 4.69) is 20.3 Å². The summed E-state index contributed by atoms with van der Waals surface area (Å²) in [5.41, 5.74) is 0.566. The molecule has 34 heavy (non-hydrogen) atoms. The summed E-state index contributed by atoms with van der Waals surface area (Å²) in [6.45, 7) is 8.01. The van der Waals surface area contributed by atoms with Gasteiger partial charge in [-0.25, -0.2) is 4.98 Å². The highest BCUT2D eigenvalue weighted by Crippen LogP contribution is 2.31. The molecule has 0 atom stereocenters. The van der Waals surface area contributed by atoms with Crippen molar-refractivity contribution in [3.63, 3.8) is 0 Å². The molecule has 4 heterocycles. The number of carbonyl (C=O) groups excluding carboxylic acids is 2. The van der Waals surface area contributed by atoms with E-state index < -0.39 is 11.9 Å². The molecular weight excluding hydrogens is 451 g/mol. The second kappa shape index (κ2) is 9.07. The van der Waals surface area contributed by atoms with E-state index >= 15 is 0 Å². The first-order valence-corrected chi connectivity index (χ1v) is 11.0. The van der Waals surface area contributed by atoms with E-state index in [0.717, 1.165) is 6.07 Å². The maximum Gasteiger partial charge on any atom is 0.433 e. The van der Waals surface area contributed by atoms with Gasteiger partial charge in [-0.2, -0.15) is 18.2 Å². The molecule has 1 saturated heterocycles. The summed E-state index contributed by atoms with van der Waals surface area (Å²) in [7, 11) is 0. The van der Waals surface area contributed by atoms with Gasteiger partial charge in [0.15, 0.2) is 0 Å². The first kappa shape index (κ1) is 23.7. The highest BCUT2D eigenvalue weighted by Gasteiger charge is 2.35. The minimum absolute atomic E-state index is 0.00443. The van der Waals surface area contributed by atoms with E-state index in [1.807, 2.05) is 18.7 Å². The zero-order valence-electron chi connectivity index (χ0n) is 19.2. The van der Waals surface area contributed by atoms with Crippen LogP contribution in [0.3, 0.4) is 0 Å². The number of fused-ring (bicyclic) bond motifs is 1. The molecule has 0 saturated carbocycles. The monoisotopic (exact) mass is 477 g/mol. The summed E-state index contributed by atoms with van der Waals surface area (Å²) in [4.78, 5) is 42.7. The predicted molar refractivity (Wildman–Crippen MR) is 118 cm³/mol. The van der Waals surface area contributed by atoms with Gasteiger partial charge in [0, 0.05) is 57.4 Å². The average Bonchev–Trinajstić information content (AvgIpc) is 3.14. The first-order chi connectivity index (χ1) is 16.0. The fraction of sp³-hybridized carbons (Fsp3) is 0.500. The Balaban J connectivity index is 1.59. The highest BCUT2D eigenvalue weighted by atomic mass is 19.4. The standard InChI is InChI=1S/C22H26F3N7O2/c1-13(2)32-12-16-18(20(32)34)28-21(31-8-6-30(7-9-31)14(3)33)29-19(16)27-11-15-4-5-17(26-10-15)22(23,24)25/h4-5,10,13H,6-9,11-12H2,1-3H3,(H,27,28,29). The second-order valence-electron chi connectivity index (χ2n) is 8.62. The third kappa shape index (κ3) is 4.75. The lowest BCUT2D eigenvalue weighted by Gasteiger charge is -2.34. The molecule has 2 aromatic rings. The van der Waals surface area contributed by atoms with Crippen LogP contribution in [0.15, 0.2) is 18.3 Å². The summed E-state index contributed by atoms with van der Waals surface area (Å²) >= 11 is 0. The number of hydrogen-bond donors (Lipinski definition) is 1. The third-order valence-electron chi connectivity index (χ3n) is 5.99. The molecule has 12 heteroatoms. The topological polar surface area (TPSA) is 94.6 Å². The van der Waals surface area contributed by atoms with Gasteiger partial charge in [0.2, 0.25) is 11.9 Å². The molecule has 2 aliphatic rings. The molecule has 0 unspecified atom stereocenters. The Morgan fingerprint density at radius 3 is 2.41 bits per heavy atom. The Morgan fingerprint density at radius 2 is 1.85 bits per heavy atom. The van der Waals surface area contributed by atoms with Crippen molar-refractivity contribution < 1.29 is 22.8 Å². The van der Waals surface area contributed by atoms with E-state index in [0.29, 0.717) is 61.3 Å². The minimum Gasteiger partial charge on any atom is -0.365 e. The number of rotatable bonds is 5. The Bertz CT molecular complexity index is 1080. The molecule has 0 bridgehead atoms. The summed E-state index contributed by atoms with van der Waals surface area (Å²) in [5.74, 6) is 0.666. The fourth-order valence-electron chi connectivity index (χ4n) is 3.99. The van der Waals surface area contributed by atoms with Gasteiger partial charge in [0.25, 0.3) is 5.91 Å². The van der Waals surface area contributed by atoms with E-state index in [1.165, 1.54) is 19.2 Å². The molecule has 0 aliphatic carbocycles. The summed E-state index contributed by atoms with van der Waals surface area (Å²) in [5, 5.41) is 3.16. The van der Waals surface area contributed by atoms with Gasteiger partial charge in [-0.3, -0.25) is 14.6 Å². The van der Waals surface area contributed by atoms with Crippen LogP contribution < -0.4 is 10.2 Å². The first-order valence-electron chi connectivity index (χ1n) is 11.0. The minimum atomic E-state index is -4.50. The van der Waals surface area contributed by atoms with Crippen LogP contribution in [-0.2, 0) is 24.1 Å². The van der Waals surface area contributed by atoms with Crippen molar-refractivity contribution >= 4 is 23.6 Å². The van der Waals surface area contributed by atoms with Crippen LogP contribution in [0.1, 0.15) is 48.1 Å². The van der Waals surface area contributed by atoms with Gasteiger partial charge in [-0.15, -0.1) is 0 Å². The summed E-state index contributed by atoms with van der Waals surface area (Å²) in [6.07, 6.45) is -3.33. The number of piperazine rings is 1. The van der Waals surface area contributed by atoms with Gasteiger partial charge >= 0.3 is 6.18 Å². The van der Waals surface area contributed by atoms with Crippen LogP contribution >= 0.6 is 0 Å². The maximum atomic E-state index is 13.0. The van der Waals surface area contributed by atoms with Crippen LogP contribution in [0.5, 0.6) is 0 Å². The molecule has 2 amide bonds. The van der Waals surface area contributed by atoms with E-state index in [1.54, 1.807) is 9.80 Å². The van der Waals surface area contributed by atoms with E-state index in [-0.39, 0.29) is 24.4 Å². The Labute approximate surface area is 195 Å². The number of amides is 2. The number of carbonyl (C=O) groups is 2. The van der Waals surface area contributed by atoms with Gasteiger partial charge in [0.05, 0.1) is 6.54 Å². The molecule has 0 aromatic carbocycles. The largest absolute Gasteiger partial charge is 0.433 e. The Morgan fingerprint density at radius 1 is 1.15 bits per heavy atom. The van der Waals surface area contributed by atoms with Gasteiger partial charge in [0.1, 0.15) is 17.2 Å².